The number of rotatable bonds is 7. The zero-order chi connectivity index (χ0) is 19.8. The maximum Gasteiger partial charge on any atom is 0.258 e. The summed E-state index contributed by atoms with van der Waals surface area (Å²) in [5.41, 5.74) is 0.186. The van der Waals surface area contributed by atoms with Gasteiger partial charge in [0.1, 0.15) is 12.2 Å². The summed E-state index contributed by atoms with van der Waals surface area (Å²) >= 11 is 0. The van der Waals surface area contributed by atoms with Crippen molar-refractivity contribution < 1.29 is 19.0 Å². The van der Waals surface area contributed by atoms with Crippen LogP contribution in [0, 0.1) is 11.3 Å². The smallest absolute Gasteiger partial charge is 0.258 e. The molecule has 2 aromatic rings. The monoisotopic (exact) mass is 382 g/mol. The van der Waals surface area contributed by atoms with Gasteiger partial charge in [0.2, 0.25) is 5.69 Å². The van der Waals surface area contributed by atoms with Crippen molar-refractivity contribution in [1.29, 1.82) is 5.26 Å². The number of hydrogen-bond donors (Lipinski definition) is 1. The van der Waals surface area contributed by atoms with Crippen molar-refractivity contribution in [2.24, 2.45) is 0 Å². The number of para-hydroxylation sites is 2. The number of aromatic nitrogens is 2. The lowest BCUT2D eigenvalue weighted by molar-refractivity contribution is -0.124. The van der Waals surface area contributed by atoms with Crippen LogP contribution in [0.3, 0.4) is 0 Å². The van der Waals surface area contributed by atoms with Crippen LogP contribution in [0.4, 0.5) is 0 Å². The minimum Gasteiger partial charge on any atom is -0.493 e. The molecule has 1 saturated carbocycles. The quantitative estimate of drug-likeness (QED) is 0.782. The molecule has 1 heterocycles. The standard InChI is InChI=1S/C20H22N4O4/c1-26-17-4-2-3-5-18(17)27-13-19(25)24-14-6-8-15(9-7-14)28-20-16(12-21)22-10-11-23-20/h2-5,10-11,14-15H,6-9,13H2,1H3,(H,24,25). The number of ether oxygens (including phenoxy) is 3. The van der Waals surface area contributed by atoms with Gasteiger partial charge in [-0.1, -0.05) is 12.1 Å². The summed E-state index contributed by atoms with van der Waals surface area (Å²) in [6.45, 7) is -0.0675. The third kappa shape index (κ3) is 5.10. The first-order chi connectivity index (χ1) is 13.7. The average Bonchev–Trinajstić information content (AvgIpc) is 2.74. The molecular weight excluding hydrogens is 360 g/mol. The number of nitrogens with one attached hydrogen (secondary N) is 1. The van der Waals surface area contributed by atoms with Crippen LogP contribution in [0.1, 0.15) is 31.4 Å². The largest absolute Gasteiger partial charge is 0.493 e. The molecule has 0 atom stereocenters. The molecule has 1 aliphatic rings. The Balaban J connectivity index is 1.43. The van der Waals surface area contributed by atoms with E-state index in [2.05, 4.69) is 15.3 Å². The highest BCUT2D eigenvalue weighted by molar-refractivity contribution is 5.77. The molecule has 0 spiro atoms. The predicted molar refractivity (Wildman–Crippen MR) is 100 cm³/mol. The lowest BCUT2D eigenvalue weighted by Crippen LogP contribution is -2.41. The van der Waals surface area contributed by atoms with E-state index in [1.165, 1.54) is 12.4 Å². The fraction of sp³-hybridized carbons (Fsp3) is 0.400. The van der Waals surface area contributed by atoms with E-state index in [1.54, 1.807) is 19.2 Å². The van der Waals surface area contributed by atoms with Crippen LogP contribution in [0.2, 0.25) is 0 Å². The summed E-state index contributed by atoms with van der Waals surface area (Å²) in [6, 6.07) is 9.26. The molecule has 1 fully saturated rings. The van der Waals surface area contributed by atoms with Crippen molar-refractivity contribution in [2.45, 2.75) is 37.8 Å². The highest BCUT2D eigenvalue weighted by Crippen LogP contribution is 2.26. The van der Waals surface area contributed by atoms with Gasteiger partial charge in [0.05, 0.1) is 7.11 Å². The molecule has 1 amide bonds. The number of carbonyl (C=O) groups is 1. The molecular formula is C20H22N4O4. The van der Waals surface area contributed by atoms with E-state index in [0.29, 0.717) is 11.5 Å². The van der Waals surface area contributed by atoms with Gasteiger partial charge in [-0.25, -0.2) is 9.97 Å². The molecule has 0 bridgehead atoms. The number of hydrogen-bond acceptors (Lipinski definition) is 7. The molecule has 1 aliphatic carbocycles. The van der Waals surface area contributed by atoms with Gasteiger partial charge in [-0.15, -0.1) is 0 Å². The summed E-state index contributed by atoms with van der Waals surface area (Å²) in [5.74, 6) is 1.22. The van der Waals surface area contributed by atoms with Crippen LogP contribution in [-0.2, 0) is 4.79 Å². The lowest BCUT2D eigenvalue weighted by atomic mass is 9.93. The topological polar surface area (TPSA) is 106 Å². The Labute approximate surface area is 163 Å². The van der Waals surface area contributed by atoms with E-state index in [9.17, 15) is 4.79 Å². The number of amides is 1. The first-order valence-corrected chi connectivity index (χ1v) is 9.12. The van der Waals surface area contributed by atoms with Crippen LogP contribution >= 0.6 is 0 Å². The Kier molecular flexibility index (Phi) is 6.63. The first kappa shape index (κ1) is 19.4. The number of methoxy groups -OCH3 is 1. The summed E-state index contributed by atoms with van der Waals surface area (Å²) in [5, 5.41) is 12.0. The predicted octanol–water partition coefficient (Wildman–Crippen LogP) is 2.24. The van der Waals surface area contributed by atoms with Crippen molar-refractivity contribution in [1.82, 2.24) is 15.3 Å². The van der Waals surface area contributed by atoms with E-state index in [4.69, 9.17) is 19.5 Å². The highest BCUT2D eigenvalue weighted by Gasteiger charge is 2.25. The number of benzene rings is 1. The third-order valence-corrected chi connectivity index (χ3v) is 4.52. The molecule has 28 heavy (non-hydrogen) atoms. The maximum atomic E-state index is 12.2. The molecule has 1 N–H and O–H groups in total. The van der Waals surface area contributed by atoms with Crippen LogP contribution in [0.5, 0.6) is 17.4 Å². The van der Waals surface area contributed by atoms with E-state index >= 15 is 0 Å². The van der Waals surface area contributed by atoms with Gasteiger partial charge in [0.15, 0.2) is 18.1 Å². The van der Waals surface area contributed by atoms with Gasteiger partial charge >= 0.3 is 0 Å². The number of nitriles is 1. The molecule has 1 aromatic carbocycles. The normalized spacial score (nSPS) is 18.6. The van der Waals surface area contributed by atoms with Crippen molar-refractivity contribution >= 4 is 5.91 Å². The second-order valence-corrected chi connectivity index (χ2v) is 6.42. The molecule has 1 aromatic heterocycles. The van der Waals surface area contributed by atoms with Crippen LogP contribution in [-0.4, -0.2) is 41.7 Å². The van der Waals surface area contributed by atoms with Crippen molar-refractivity contribution in [3.63, 3.8) is 0 Å². The number of nitrogens with zero attached hydrogens (tertiary/aromatic N) is 3. The third-order valence-electron chi connectivity index (χ3n) is 4.52. The van der Waals surface area contributed by atoms with E-state index in [0.717, 1.165) is 25.7 Å². The van der Waals surface area contributed by atoms with Crippen LogP contribution in [0.15, 0.2) is 36.7 Å². The van der Waals surface area contributed by atoms with Crippen molar-refractivity contribution in [3.05, 3.63) is 42.4 Å². The summed E-state index contributed by atoms with van der Waals surface area (Å²) in [4.78, 5) is 20.2. The van der Waals surface area contributed by atoms with E-state index < -0.39 is 0 Å². The Morgan fingerprint density at radius 3 is 2.61 bits per heavy atom. The molecule has 0 saturated heterocycles. The van der Waals surface area contributed by atoms with Gasteiger partial charge in [-0.2, -0.15) is 5.26 Å². The van der Waals surface area contributed by atoms with Gasteiger partial charge in [0.25, 0.3) is 11.8 Å². The Bertz CT molecular complexity index is 844. The molecule has 0 unspecified atom stereocenters. The minimum atomic E-state index is -0.170. The SMILES string of the molecule is COc1ccccc1OCC(=O)NC1CCC(Oc2nccnc2C#N)CC1. The average molecular weight is 382 g/mol. The Hall–Kier alpha value is -3.34. The van der Waals surface area contributed by atoms with E-state index in [1.807, 2.05) is 18.2 Å². The fourth-order valence-electron chi connectivity index (χ4n) is 3.12. The molecule has 146 valence electrons. The highest BCUT2D eigenvalue weighted by atomic mass is 16.5. The van der Waals surface area contributed by atoms with Gasteiger partial charge < -0.3 is 19.5 Å². The summed E-state index contributed by atoms with van der Waals surface area (Å²) in [6.07, 6.45) is 6.02. The Morgan fingerprint density at radius 2 is 1.89 bits per heavy atom. The molecule has 0 aliphatic heterocycles. The molecule has 8 heteroatoms. The summed E-state index contributed by atoms with van der Waals surface area (Å²) in [7, 11) is 1.56. The first-order valence-electron chi connectivity index (χ1n) is 9.12. The molecule has 3 rings (SSSR count). The van der Waals surface area contributed by atoms with Crippen LogP contribution in [0.25, 0.3) is 0 Å². The minimum absolute atomic E-state index is 0.0400. The van der Waals surface area contributed by atoms with Crippen molar-refractivity contribution in [2.75, 3.05) is 13.7 Å². The van der Waals surface area contributed by atoms with E-state index in [-0.39, 0.29) is 36.2 Å². The summed E-state index contributed by atoms with van der Waals surface area (Å²) < 4.78 is 16.6. The fourth-order valence-corrected chi connectivity index (χ4v) is 3.12. The van der Waals surface area contributed by atoms with Gasteiger partial charge in [-0.3, -0.25) is 4.79 Å². The zero-order valence-electron chi connectivity index (χ0n) is 15.6. The molecule has 8 nitrogen and oxygen atoms in total. The maximum absolute atomic E-state index is 12.2. The molecule has 0 radical (unpaired) electrons. The zero-order valence-corrected chi connectivity index (χ0v) is 15.6. The van der Waals surface area contributed by atoms with Gasteiger partial charge in [-0.05, 0) is 37.8 Å². The number of carbonyl (C=O) groups excluding carboxylic acids is 1. The van der Waals surface area contributed by atoms with Crippen molar-refractivity contribution in [3.8, 4) is 23.4 Å². The second-order valence-electron chi connectivity index (χ2n) is 6.42. The lowest BCUT2D eigenvalue weighted by Gasteiger charge is -2.29. The second kappa shape index (κ2) is 9.55. The van der Waals surface area contributed by atoms with Gasteiger partial charge in [0, 0.05) is 18.4 Å². The Morgan fingerprint density at radius 1 is 1.18 bits per heavy atom. The van der Waals surface area contributed by atoms with Crippen LogP contribution < -0.4 is 19.5 Å².